The van der Waals surface area contributed by atoms with Crippen LogP contribution in [0.1, 0.15) is 13.8 Å². The minimum Gasteiger partial charge on any atom is -0.174 e. The van der Waals surface area contributed by atoms with E-state index >= 15 is 0 Å². The van der Waals surface area contributed by atoms with Gasteiger partial charge >= 0.3 is 6.68 Å². The first-order chi connectivity index (χ1) is 2.73. The molecular formula is C3H7F3. The van der Waals surface area contributed by atoms with Crippen molar-refractivity contribution in [1.29, 1.82) is 0 Å². The largest absolute Gasteiger partial charge is 0.379 e. The van der Waals surface area contributed by atoms with E-state index in [0.717, 1.165) is 0 Å². The standard InChI is InChI=1S/C2H6.CHF3/c1-2;2-1(3)4/h1-2H3;1H. The summed E-state index contributed by atoms with van der Waals surface area (Å²) in [4.78, 5) is 0. The van der Waals surface area contributed by atoms with E-state index in [-0.39, 0.29) is 0 Å². The van der Waals surface area contributed by atoms with Gasteiger partial charge in [-0.15, -0.1) is 0 Å². The van der Waals surface area contributed by atoms with Crippen LogP contribution in [0.2, 0.25) is 0 Å². The highest BCUT2D eigenvalue weighted by molar-refractivity contribution is 3.83. The van der Waals surface area contributed by atoms with Gasteiger partial charge in [0, 0.05) is 0 Å². The molecule has 0 unspecified atom stereocenters. The van der Waals surface area contributed by atoms with Gasteiger partial charge in [0.2, 0.25) is 0 Å². The Labute approximate surface area is 35.0 Å². The zero-order valence-electron chi connectivity index (χ0n) is 3.71. The fraction of sp³-hybridized carbons (Fsp3) is 1.00. The summed E-state index contributed by atoms with van der Waals surface area (Å²) in [6, 6.07) is 0. The predicted molar refractivity (Wildman–Crippen MR) is 18.5 cm³/mol. The minimum atomic E-state index is -3.67. The van der Waals surface area contributed by atoms with E-state index in [1.807, 2.05) is 13.8 Å². The highest BCUT2D eigenvalue weighted by Gasteiger charge is 1.86. The Morgan fingerprint density at radius 2 is 1.00 bits per heavy atom. The van der Waals surface area contributed by atoms with Gasteiger partial charge in [-0.25, -0.2) is 0 Å². The molecule has 6 heavy (non-hydrogen) atoms. The second-order valence-electron chi connectivity index (χ2n) is 0.247. The van der Waals surface area contributed by atoms with Crippen LogP contribution in [0.25, 0.3) is 0 Å². The molecule has 0 aliphatic heterocycles. The molecule has 3 heteroatoms. The first kappa shape index (κ1) is 9.25. The van der Waals surface area contributed by atoms with Crippen molar-refractivity contribution < 1.29 is 13.2 Å². The molecule has 0 aromatic carbocycles. The first-order valence-corrected chi connectivity index (χ1v) is 1.65. The van der Waals surface area contributed by atoms with Crippen molar-refractivity contribution in [3.05, 3.63) is 0 Å². The average molecular weight is 100 g/mol. The average Bonchev–Trinajstić information content (AvgIpc) is 1.41. The van der Waals surface area contributed by atoms with Crippen LogP contribution in [0.15, 0.2) is 0 Å². The zero-order valence-corrected chi connectivity index (χ0v) is 3.71. The fourth-order valence-electron chi connectivity index (χ4n) is 0. The molecule has 0 aromatic rings. The molecule has 0 N–H and O–H groups in total. The third-order valence-electron chi connectivity index (χ3n) is 0. The topological polar surface area (TPSA) is 0 Å². The molecule has 0 atom stereocenters. The molecule has 0 aliphatic carbocycles. The number of rotatable bonds is 0. The van der Waals surface area contributed by atoms with Crippen LogP contribution in [-0.2, 0) is 0 Å². The van der Waals surface area contributed by atoms with Crippen LogP contribution in [0.4, 0.5) is 13.2 Å². The maximum Gasteiger partial charge on any atom is 0.379 e. The molecule has 0 aromatic heterocycles. The van der Waals surface area contributed by atoms with Crippen molar-refractivity contribution in [2.24, 2.45) is 0 Å². The second-order valence-corrected chi connectivity index (χ2v) is 0.247. The maximum atomic E-state index is 9.67. The Morgan fingerprint density at radius 1 is 1.00 bits per heavy atom. The van der Waals surface area contributed by atoms with Crippen molar-refractivity contribution in [2.75, 3.05) is 0 Å². The van der Waals surface area contributed by atoms with Gasteiger partial charge in [-0.2, -0.15) is 13.2 Å². The smallest absolute Gasteiger partial charge is 0.174 e. The van der Waals surface area contributed by atoms with Gasteiger partial charge in [0.1, 0.15) is 0 Å². The van der Waals surface area contributed by atoms with Gasteiger partial charge in [-0.05, 0) is 0 Å². The van der Waals surface area contributed by atoms with E-state index in [0.29, 0.717) is 0 Å². The zero-order chi connectivity index (χ0) is 5.58. The lowest BCUT2D eigenvalue weighted by molar-refractivity contribution is 0.00819. The summed E-state index contributed by atoms with van der Waals surface area (Å²) in [5.41, 5.74) is 0. The SMILES string of the molecule is CC.FC(F)F. The van der Waals surface area contributed by atoms with Gasteiger partial charge in [0.25, 0.3) is 0 Å². The third-order valence-corrected chi connectivity index (χ3v) is 0. The first-order valence-electron chi connectivity index (χ1n) is 1.65. The lowest BCUT2D eigenvalue weighted by atomic mass is 11.0. The Morgan fingerprint density at radius 3 is 1.00 bits per heavy atom. The summed E-state index contributed by atoms with van der Waals surface area (Å²) < 4.78 is 29.0. The van der Waals surface area contributed by atoms with Crippen LogP contribution in [0.3, 0.4) is 0 Å². The number of hydrogen-bond donors (Lipinski definition) is 0. The van der Waals surface area contributed by atoms with E-state index in [4.69, 9.17) is 0 Å². The van der Waals surface area contributed by atoms with E-state index in [2.05, 4.69) is 0 Å². The predicted octanol–water partition coefficient (Wildman–Crippen LogP) is 2.20. The van der Waals surface area contributed by atoms with E-state index in [1.54, 1.807) is 0 Å². The molecule has 0 rings (SSSR count). The molecule has 0 heterocycles. The van der Waals surface area contributed by atoms with Crippen molar-refractivity contribution in [3.63, 3.8) is 0 Å². The van der Waals surface area contributed by atoms with Crippen molar-refractivity contribution in [2.45, 2.75) is 20.5 Å². The minimum absolute atomic E-state index is 2.00. The van der Waals surface area contributed by atoms with Gasteiger partial charge in [-0.3, -0.25) is 0 Å². The molecular weight excluding hydrogens is 93.0 g/mol. The van der Waals surface area contributed by atoms with Gasteiger partial charge in [0.15, 0.2) is 0 Å². The maximum absolute atomic E-state index is 9.67. The van der Waals surface area contributed by atoms with Crippen LogP contribution in [-0.4, -0.2) is 6.68 Å². The summed E-state index contributed by atoms with van der Waals surface area (Å²) in [5, 5.41) is 0. The van der Waals surface area contributed by atoms with Crippen LogP contribution in [0, 0.1) is 0 Å². The molecule has 0 saturated heterocycles. The number of hydrogen-bond acceptors (Lipinski definition) is 0. The summed E-state index contributed by atoms with van der Waals surface area (Å²) in [6.45, 7) is 0.333. The molecule has 0 amide bonds. The Bertz CT molecular complexity index is 10.8. The molecule has 0 saturated carbocycles. The van der Waals surface area contributed by atoms with Crippen molar-refractivity contribution >= 4 is 0 Å². The van der Waals surface area contributed by atoms with Gasteiger partial charge in [0.05, 0.1) is 0 Å². The van der Waals surface area contributed by atoms with E-state index < -0.39 is 6.68 Å². The highest BCUT2D eigenvalue weighted by atomic mass is 19.4. The van der Waals surface area contributed by atoms with Crippen molar-refractivity contribution in [3.8, 4) is 0 Å². The molecule has 0 fully saturated rings. The number of alkyl halides is 3. The lowest BCUT2D eigenvalue weighted by Gasteiger charge is -1.65. The van der Waals surface area contributed by atoms with Gasteiger partial charge in [-0.1, -0.05) is 13.8 Å². The Kier molecular flexibility index (Phi) is 13.6. The summed E-state index contributed by atoms with van der Waals surface area (Å²) in [5.74, 6) is 0. The molecule has 0 bridgehead atoms. The van der Waals surface area contributed by atoms with Crippen LogP contribution >= 0.6 is 0 Å². The summed E-state index contributed by atoms with van der Waals surface area (Å²) in [6.07, 6.45) is 0. The lowest BCUT2D eigenvalue weighted by Crippen LogP contribution is -1.65. The molecule has 0 radical (unpaired) electrons. The second kappa shape index (κ2) is 8.84. The monoisotopic (exact) mass is 100 g/mol. The normalized spacial score (nSPS) is 7.00. The Balaban J connectivity index is 0. The molecule has 0 aliphatic rings. The van der Waals surface area contributed by atoms with E-state index in [1.165, 1.54) is 0 Å². The van der Waals surface area contributed by atoms with E-state index in [9.17, 15) is 13.2 Å². The fourth-order valence-corrected chi connectivity index (χ4v) is 0. The molecule has 0 nitrogen and oxygen atoms in total. The number of halogens is 3. The summed E-state index contributed by atoms with van der Waals surface area (Å²) >= 11 is 0. The summed E-state index contributed by atoms with van der Waals surface area (Å²) in [7, 11) is 0. The van der Waals surface area contributed by atoms with Crippen LogP contribution in [0.5, 0.6) is 0 Å². The Hall–Kier alpha value is -0.210. The quantitative estimate of drug-likeness (QED) is 0.437. The highest BCUT2D eigenvalue weighted by Crippen LogP contribution is 1.87. The molecule has 40 valence electrons. The molecule has 0 spiro atoms. The van der Waals surface area contributed by atoms with Crippen molar-refractivity contribution in [1.82, 2.24) is 0 Å². The van der Waals surface area contributed by atoms with Gasteiger partial charge < -0.3 is 0 Å². The van der Waals surface area contributed by atoms with Crippen LogP contribution < -0.4 is 0 Å². The third kappa shape index (κ3) is 669.